The molecule has 0 spiro atoms. The molecule has 3 heteroatoms. The largest absolute Gasteiger partial charge is 0.309 e. The Labute approximate surface area is 108 Å². The Balaban J connectivity index is 2.40. The molecule has 1 rings (SSSR count). The lowest BCUT2D eigenvalue weighted by atomic mass is 10.0. The highest BCUT2D eigenvalue weighted by molar-refractivity contribution is 6.30. The Morgan fingerprint density at radius 2 is 1.81 bits per heavy atom. The lowest BCUT2D eigenvalue weighted by Crippen LogP contribution is -2.31. The molecule has 0 bridgehead atoms. The molecule has 1 nitrogen and oxygen atoms in total. The normalized spacial score (nSPS) is 13.1. The zero-order valence-electron chi connectivity index (χ0n) is 9.84. The van der Waals surface area contributed by atoms with Crippen molar-refractivity contribution in [2.75, 3.05) is 5.88 Å². The summed E-state index contributed by atoms with van der Waals surface area (Å²) in [4.78, 5) is 0. The van der Waals surface area contributed by atoms with Gasteiger partial charge < -0.3 is 5.32 Å². The topological polar surface area (TPSA) is 12.0 Å². The second kappa shape index (κ2) is 7.16. The molecular formula is C13H19Cl2N. The molecule has 1 unspecified atom stereocenters. The van der Waals surface area contributed by atoms with Gasteiger partial charge in [-0.05, 0) is 30.0 Å². The van der Waals surface area contributed by atoms with E-state index in [0.29, 0.717) is 17.8 Å². The summed E-state index contributed by atoms with van der Waals surface area (Å²) in [5.41, 5.74) is 1.24. The maximum absolute atomic E-state index is 5.92. The van der Waals surface area contributed by atoms with E-state index >= 15 is 0 Å². The first-order valence-corrected chi connectivity index (χ1v) is 6.57. The first kappa shape index (κ1) is 13.8. The van der Waals surface area contributed by atoms with Gasteiger partial charge in [0.25, 0.3) is 0 Å². The molecule has 1 aromatic rings. The van der Waals surface area contributed by atoms with Crippen molar-refractivity contribution in [1.82, 2.24) is 5.32 Å². The molecule has 0 amide bonds. The van der Waals surface area contributed by atoms with Gasteiger partial charge in [0.2, 0.25) is 0 Å². The van der Waals surface area contributed by atoms with Crippen LogP contribution in [0.1, 0.15) is 25.8 Å². The number of halogens is 2. The lowest BCUT2D eigenvalue weighted by molar-refractivity contribution is 0.445. The zero-order valence-corrected chi connectivity index (χ0v) is 11.4. The molecule has 0 aliphatic rings. The molecule has 0 aliphatic carbocycles. The van der Waals surface area contributed by atoms with Crippen LogP contribution in [0.15, 0.2) is 24.3 Å². The van der Waals surface area contributed by atoms with Gasteiger partial charge in [-0.1, -0.05) is 37.6 Å². The van der Waals surface area contributed by atoms with Crippen molar-refractivity contribution < 1.29 is 0 Å². The summed E-state index contributed by atoms with van der Waals surface area (Å²) in [6.45, 7) is 5.27. The molecule has 0 aliphatic heterocycles. The van der Waals surface area contributed by atoms with Crippen molar-refractivity contribution in [3.05, 3.63) is 34.9 Å². The molecule has 0 aromatic heterocycles. The fourth-order valence-corrected chi connectivity index (χ4v) is 2.00. The van der Waals surface area contributed by atoms with Crippen LogP contribution < -0.4 is 5.32 Å². The molecule has 1 atom stereocenters. The van der Waals surface area contributed by atoms with E-state index in [1.54, 1.807) is 0 Å². The van der Waals surface area contributed by atoms with Crippen molar-refractivity contribution >= 4 is 23.2 Å². The van der Waals surface area contributed by atoms with Crippen LogP contribution in [-0.2, 0) is 6.54 Å². The summed E-state index contributed by atoms with van der Waals surface area (Å²) in [7, 11) is 0. The van der Waals surface area contributed by atoms with Gasteiger partial charge in [-0.15, -0.1) is 11.6 Å². The van der Waals surface area contributed by atoms with Crippen molar-refractivity contribution in [3.8, 4) is 0 Å². The van der Waals surface area contributed by atoms with Crippen LogP contribution in [0.5, 0.6) is 0 Å². The second-order valence-corrected chi connectivity index (χ2v) is 5.23. The van der Waals surface area contributed by atoms with Gasteiger partial charge in [-0.3, -0.25) is 0 Å². The highest BCUT2D eigenvalue weighted by Gasteiger charge is 2.08. The first-order valence-electron chi connectivity index (χ1n) is 5.65. The summed E-state index contributed by atoms with van der Waals surface area (Å²) in [6.07, 6.45) is 1.11. The number of rotatable bonds is 6. The SMILES string of the molecule is CC(C)CC(CCl)NCc1ccc(Cl)cc1. The average Bonchev–Trinajstić information content (AvgIpc) is 2.26. The first-order chi connectivity index (χ1) is 7.61. The second-order valence-electron chi connectivity index (χ2n) is 4.49. The fraction of sp³-hybridized carbons (Fsp3) is 0.538. The van der Waals surface area contributed by atoms with Crippen LogP contribution in [0.4, 0.5) is 0 Å². The summed E-state index contributed by atoms with van der Waals surface area (Å²) < 4.78 is 0. The molecule has 16 heavy (non-hydrogen) atoms. The molecule has 0 saturated heterocycles. The predicted molar refractivity (Wildman–Crippen MR) is 72.3 cm³/mol. The van der Waals surface area contributed by atoms with E-state index in [4.69, 9.17) is 23.2 Å². The zero-order chi connectivity index (χ0) is 12.0. The molecule has 0 radical (unpaired) electrons. The minimum atomic E-state index is 0.386. The summed E-state index contributed by atoms with van der Waals surface area (Å²) in [5, 5.41) is 4.24. The van der Waals surface area contributed by atoms with Gasteiger partial charge in [0.1, 0.15) is 0 Å². The number of hydrogen-bond donors (Lipinski definition) is 1. The smallest absolute Gasteiger partial charge is 0.0406 e. The van der Waals surface area contributed by atoms with Crippen LogP contribution in [0.25, 0.3) is 0 Å². The van der Waals surface area contributed by atoms with E-state index in [9.17, 15) is 0 Å². The minimum absolute atomic E-state index is 0.386. The molecule has 0 fully saturated rings. The third-order valence-electron chi connectivity index (χ3n) is 2.45. The number of benzene rings is 1. The van der Waals surface area contributed by atoms with Gasteiger partial charge in [0.05, 0.1) is 0 Å². The van der Waals surface area contributed by atoms with Crippen LogP contribution >= 0.6 is 23.2 Å². The van der Waals surface area contributed by atoms with Crippen LogP contribution in [0.3, 0.4) is 0 Å². The van der Waals surface area contributed by atoms with E-state index in [0.717, 1.165) is 18.0 Å². The van der Waals surface area contributed by atoms with Gasteiger partial charge in [0.15, 0.2) is 0 Å². The maximum atomic E-state index is 5.92. The fourth-order valence-electron chi connectivity index (χ4n) is 1.63. The van der Waals surface area contributed by atoms with Gasteiger partial charge in [-0.25, -0.2) is 0 Å². The lowest BCUT2D eigenvalue weighted by Gasteiger charge is -2.18. The molecule has 90 valence electrons. The van der Waals surface area contributed by atoms with Gasteiger partial charge in [0, 0.05) is 23.5 Å². The highest BCUT2D eigenvalue weighted by atomic mass is 35.5. The van der Waals surface area contributed by atoms with E-state index in [2.05, 4.69) is 19.2 Å². The van der Waals surface area contributed by atoms with Crippen LogP contribution in [0.2, 0.25) is 5.02 Å². The van der Waals surface area contributed by atoms with Gasteiger partial charge in [-0.2, -0.15) is 0 Å². The third-order valence-corrected chi connectivity index (χ3v) is 3.07. The van der Waals surface area contributed by atoms with E-state index in [-0.39, 0.29) is 0 Å². The van der Waals surface area contributed by atoms with Gasteiger partial charge >= 0.3 is 0 Å². The molecule has 1 aromatic carbocycles. The Morgan fingerprint density at radius 3 is 2.31 bits per heavy atom. The standard InChI is InChI=1S/C13H19Cl2N/c1-10(2)7-13(8-14)16-9-11-3-5-12(15)6-4-11/h3-6,10,13,16H,7-9H2,1-2H3. The number of nitrogens with one attached hydrogen (secondary N) is 1. The maximum Gasteiger partial charge on any atom is 0.0406 e. The molecule has 1 N–H and O–H groups in total. The number of hydrogen-bond acceptors (Lipinski definition) is 1. The summed E-state index contributed by atoms with van der Waals surface area (Å²) in [5.74, 6) is 1.33. The Morgan fingerprint density at radius 1 is 1.19 bits per heavy atom. The highest BCUT2D eigenvalue weighted by Crippen LogP contribution is 2.11. The summed E-state index contributed by atoms with van der Waals surface area (Å²) >= 11 is 11.7. The number of alkyl halides is 1. The molecule has 0 saturated carbocycles. The van der Waals surface area contributed by atoms with Crippen LogP contribution in [-0.4, -0.2) is 11.9 Å². The Kier molecular flexibility index (Phi) is 6.18. The minimum Gasteiger partial charge on any atom is -0.309 e. The quantitative estimate of drug-likeness (QED) is 0.760. The average molecular weight is 260 g/mol. The molecular weight excluding hydrogens is 241 g/mol. The van der Waals surface area contributed by atoms with E-state index < -0.39 is 0 Å². The van der Waals surface area contributed by atoms with Crippen molar-refractivity contribution in [2.24, 2.45) is 5.92 Å². The van der Waals surface area contributed by atoms with Crippen molar-refractivity contribution in [3.63, 3.8) is 0 Å². The van der Waals surface area contributed by atoms with E-state index in [1.807, 2.05) is 24.3 Å². The summed E-state index contributed by atoms with van der Waals surface area (Å²) in [6, 6.07) is 8.29. The monoisotopic (exact) mass is 259 g/mol. The van der Waals surface area contributed by atoms with Crippen molar-refractivity contribution in [1.29, 1.82) is 0 Å². The third kappa shape index (κ3) is 5.20. The van der Waals surface area contributed by atoms with E-state index in [1.165, 1.54) is 5.56 Å². The molecule has 0 heterocycles. The predicted octanol–water partition coefficient (Wildman–Crippen LogP) is 4.08. The van der Waals surface area contributed by atoms with Crippen molar-refractivity contribution in [2.45, 2.75) is 32.9 Å². The Bertz CT molecular complexity index is 295. The van der Waals surface area contributed by atoms with Crippen LogP contribution in [0, 0.1) is 5.92 Å². The Hall–Kier alpha value is -0.240.